The third-order valence-corrected chi connectivity index (χ3v) is 2.44. The average molecular weight is 238 g/mol. The summed E-state index contributed by atoms with van der Waals surface area (Å²) in [5.74, 6) is 1.08. The Hall–Kier alpha value is -1.85. The van der Waals surface area contributed by atoms with E-state index in [1.807, 2.05) is 6.92 Å². The fourth-order valence-electron chi connectivity index (χ4n) is 1.37. The van der Waals surface area contributed by atoms with Crippen molar-refractivity contribution in [3.8, 4) is 0 Å². The maximum absolute atomic E-state index is 10.9. The molecule has 0 saturated carbocycles. The van der Waals surface area contributed by atoms with Crippen molar-refractivity contribution in [2.75, 3.05) is 30.4 Å². The first-order valence-electron chi connectivity index (χ1n) is 5.70. The number of anilines is 2. The van der Waals surface area contributed by atoms with Crippen molar-refractivity contribution in [1.29, 1.82) is 0 Å². The lowest BCUT2D eigenvalue weighted by atomic mass is 10.3. The van der Waals surface area contributed by atoms with Crippen molar-refractivity contribution >= 4 is 17.3 Å². The van der Waals surface area contributed by atoms with Crippen molar-refractivity contribution in [3.05, 3.63) is 22.2 Å². The summed E-state index contributed by atoms with van der Waals surface area (Å²) in [5, 5.41) is 14.0. The Balaban J connectivity index is 3.05. The maximum atomic E-state index is 10.9. The molecular formula is C11H18N4O2. The Labute approximate surface area is 101 Å². The Morgan fingerprint density at radius 2 is 2.18 bits per heavy atom. The van der Waals surface area contributed by atoms with E-state index in [-0.39, 0.29) is 5.69 Å². The highest BCUT2D eigenvalue weighted by molar-refractivity contribution is 5.61. The quantitative estimate of drug-likeness (QED) is 0.608. The van der Waals surface area contributed by atoms with E-state index in [1.165, 1.54) is 6.07 Å². The molecule has 0 aliphatic rings. The molecule has 0 fully saturated rings. The van der Waals surface area contributed by atoms with Gasteiger partial charge in [0.05, 0.1) is 4.92 Å². The van der Waals surface area contributed by atoms with E-state index in [0.29, 0.717) is 18.2 Å². The SMILES string of the molecule is CCCNc1ccc([N+](=O)[O-])c(N(C)CC)n1. The third kappa shape index (κ3) is 3.30. The molecule has 6 nitrogen and oxygen atoms in total. The Morgan fingerprint density at radius 3 is 2.71 bits per heavy atom. The maximum Gasteiger partial charge on any atom is 0.311 e. The van der Waals surface area contributed by atoms with E-state index in [1.54, 1.807) is 18.0 Å². The van der Waals surface area contributed by atoms with Crippen LogP contribution in [0.15, 0.2) is 12.1 Å². The summed E-state index contributed by atoms with van der Waals surface area (Å²) in [6.45, 7) is 5.46. The molecule has 1 aromatic heterocycles. The number of nitro groups is 1. The monoisotopic (exact) mass is 238 g/mol. The molecule has 1 heterocycles. The summed E-state index contributed by atoms with van der Waals surface area (Å²) in [5.41, 5.74) is 0.0383. The first-order valence-corrected chi connectivity index (χ1v) is 5.70. The van der Waals surface area contributed by atoms with E-state index in [0.717, 1.165) is 13.0 Å². The van der Waals surface area contributed by atoms with Gasteiger partial charge in [-0.05, 0) is 19.4 Å². The summed E-state index contributed by atoms with van der Waals surface area (Å²) in [4.78, 5) is 16.5. The van der Waals surface area contributed by atoms with Gasteiger partial charge >= 0.3 is 5.69 Å². The number of hydrogen-bond donors (Lipinski definition) is 1. The molecular weight excluding hydrogens is 220 g/mol. The fraction of sp³-hybridized carbons (Fsp3) is 0.545. The predicted octanol–water partition coefficient (Wildman–Crippen LogP) is 2.27. The number of pyridine rings is 1. The van der Waals surface area contributed by atoms with Crippen LogP contribution in [-0.2, 0) is 0 Å². The van der Waals surface area contributed by atoms with Crippen LogP contribution in [0.2, 0.25) is 0 Å². The second-order valence-corrected chi connectivity index (χ2v) is 3.74. The molecule has 0 aromatic carbocycles. The molecule has 1 rings (SSSR count). The minimum Gasteiger partial charge on any atom is -0.370 e. The highest BCUT2D eigenvalue weighted by Gasteiger charge is 2.18. The summed E-state index contributed by atoms with van der Waals surface area (Å²) < 4.78 is 0. The lowest BCUT2D eigenvalue weighted by Gasteiger charge is -2.16. The number of rotatable bonds is 6. The van der Waals surface area contributed by atoms with E-state index in [2.05, 4.69) is 17.2 Å². The molecule has 1 aromatic rings. The van der Waals surface area contributed by atoms with Crippen molar-refractivity contribution in [1.82, 2.24) is 4.98 Å². The van der Waals surface area contributed by atoms with Gasteiger partial charge in [-0.3, -0.25) is 10.1 Å². The molecule has 0 aliphatic heterocycles. The summed E-state index contributed by atoms with van der Waals surface area (Å²) in [7, 11) is 1.79. The molecule has 0 saturated heterocycles. The third-order valence-electron chi connectivity index (χ3n) is 2.44. The minimum absolute atomic E-state index is 0.0383. The predicted molar refractivity (Wildman–Crippen MR) is 68.6 cm³/mol. The number of hydrogen-bond acceptors (Lipinski definition) is 5. The first kappa shape index (κ1) is 13.2. The zero-order valence-corrected chi connectivity index (χ0v) is 10.4. The second-order valence-electron chi connectivity index (χ2n) is 3.74. The largest absolute Gasteiger partial charge is 0.370 e. The first-order chi connectivity index (χ1) is 8.10. The summed E-state index contributed by atoms with van der Waals surface area (Å²) >= 11 is 0. The van der Waals surface area contributed by atoms with Crippen LogP contribution in [0.1, 0.15) is 20.3 Å². The lowest BCUT2D eigenvalue weighted by molar-refractivity contribution is -0.384. The topological polar surface area (TPSA) is 71.3 Å². The summed E-state index contributed by atoms with van der Waals surface area (Å²) in [6, 6.07) is 3.13. The van der Waals surface area contributed by atoms with E-state index >= 15 is 0 Å². The molecule has 0 aliphatic carbocycles. The molecule has 0 atom stereocenters. The van der Waals surface area contributed by atoms with Gasteiger partial charge in [-0.25, -0.2) is 4.98 Å². The van der Waals surface area contributed by atoms with E-state index in [9.17, 15) is 10.1 Å². The van der Waals surface area contributed by atoms with Gasteiger partial charge in [0.1, 0.15) is 5.82 Å². The number of aromatic nitrogens is 1. The molecule has 0 unspecified atom stereocenters. The molecule has 0 amide bonds. The van der Waals surface area contributed by atoms with Crippen LogP contribution >= 0.6 is 0 Å². The molecule has 6 heteroatoms. The van der Waals surface area contributed by atoms with Crippen LogP contribution in [0, 0.1) is 10.1 Å². The van der Waals surface area contributed by atoms with Crippen LogP contribution < -0.4 is 10.2 Å². The normalized spacial score (nSPS) is 10.1. The zero-order valence-electron chi connectivity index (χ0n) is 10.4. The van der Waals surface area contributed by atoms with Gasteiger partial charge in [0.15, 0.2) is 0 Å². The van der Waals surface area contributed by atoms with Gasteiger partial charge in [0.2, 0.25) is 5.82 Å². The lowest BCUT2D eigenvalue weighted by Crippen LogP contribution is -2.19. The van der Waals surface area contributed by atoms with Crippen molar-refractivity contribution in [2.45, 2.75) is 20.3 Å². The van der Waals surface area contributed by atoms with E-state index in [4.69, 9.17) is 0 Å². The van der Waals surface area contributed by atoms with Gasteiger partial charge in [0.25, 0.3) is 0 Å². The molecule has 1 N–H and O–H groups in total. The van der Waals surface area contributed by atoms with Crippen LogP contribution in [0.3, 0.4) is 0 Å². The van der Waals surface area contributed by atoms with Gasteiger partial charge in [-0.1, -0.05) is 6.92 Å². The molecule has 17 heavy (non-hydrogen) atoms. The standard InChI is InChI=1S/C11H18N4O2/c1-4-8-12-10-7-6-9(15(16)17)11(13-10)14(3)5-2/h6-7H,4-5,8H2,1-3H3,(H,12,13). The fourth-order valence-corrected chi connectivity index (χ4v) is 1.37. The smallest absolute Gasteiger partial charge is 0.311 e. The molecule has 0 radical (unpaired) electrons. The van der Waals surface area contributed by atoms with Crippen molar-refractivity contribution in [2.24, 2.45) is 0 Å². The number of nitrogens with one attached hydrogen (secondary N) is 1. The van der Waals surface area contributed by atoms with Crippen LogP contribution in [0.5, 0.6) is 0 Å². The van der Waals surface area contributed by atoms with E-state index < -0.39 is 4.92 Å². The van der Waals surface area contributed by atoms with Crippen LogP contribution in [0.4, 0.5) is 17.3 Å². The Morgan fingerprint density at radius 1 is 1.47 bits per heavy atom. The van der Waals surface area contributed by atoms with Crippen molar-refractivity contribution < 1.29 is 4.92 Å². The van der Waals surface area contributed by atoms with Gasteiger partial charge in [-0.2, -0.15) is 0 Å². The van der Waals surface area contributed by atoms with Crippen molar-refractivity contribution in [3.63, 3.8) is 0 Å². The molecule has 94 valence electrons. The second kappa shape index (κ2) is 6.03. The Bertz CT molecular complexity index is 395. The average Bonchev–Trinajstić information content (AvgIpc) is 2.34. The number of nitrogens with zero attached hydrogens (tertiary/aromatic N) is 3. The summed E-state index contributed by atoms with van der Waals surface area (Å²) in [6.07, 6.45) is 0.984. The van der Waals surface area contributed by atoms with Gasteiger partial charge in [-0.15, -0.1) is 0 Å². The molecule has 0 spiro atoms. The minimum atomic E-state index is -0.405. The Kier molecular flexibility index (Phi) is 4.68. The van der Waals surface area contributed by atoms with Gasteiger partial charge in [0, 0.05) is 26.2 Å². The van der Waals surface area contributed by atoms with Crippen LogP contribution in [-0.4, -0.2) is 30.0 Å². The highest BCUT2D eigenvalue weighted by atomic mass is 16.6. The van der Waals surface area contributed by atoms with Gasteiger partial charge < -0.3 is 10.2 Å². The zero-order chi connectivity index (χ0) is 12.8. The highest BCUT2D eigenvalue weighted by Crippen LogP contribution is 2.26. The van der Waals surface area contributed by atoms with Crippen LogP contribution in [0.25, 0.3) is 0 Å². The molecule has 0 bridgehead atoms.